The molecule has 0 radical (unpaired) electrons. The maximum Gasteiger partial charge on any atom is 0.0456 e. The lowest BCUT2D eigenvalue weighted by Gasteiger charge is -2.20. The van der Waals surface area contributed by atoms with Crippen molar-refractivity contribution in [2.24, 2.45) is 5.73 Å². The van der Waals surface area contributed by atoms with Gasteiger partial charge in [0.05, 0.1) is 0 Å². The molecule has 0 aliphatic carbocycles. The number of anilines is 1. The van der Waals surface area contributed by atoms with Crippen molar-refractivity contribution in [3.05, 3.63) is 28.3 Å². The fourth-order valence-electron chi connectivity index (χ4n) is 2.12. The number of halogens is 1. The third kappa shape index (κ3) is 1.49. The maximum atomic E-state index is 6.10. The van der Waals surface area contributed by atoms with Crippen LogP contribution in [0.3, 0.4) is 0 Å². The minimum atomic E-state index is 0.700. The summed E-state index contributed by atoms with van der Waals surface area (Å²) in [4.78, 5) is 2.33. The van der Waals surface area contributed by atoms with Gasteiger partial charge < -0.3 is 10.6 Å². The van der Waals surface area contributed by atoms with E-state index < -0.39 is 0 Å². The summed E-state index contributed by atoms with van der Waals surface area (Å²) in [6, 6.07) is 4.11. The summed E-state index contributed by atoms with van der Waals surface area (Å²) in [5.41, 5.74) is 9.48. The molecule has 76 valence electrons. The van der Waals surface area contributed by atoms with Crippen LogP contribution in [0.25, 0.3) is 0 Å². The third-order valence-electron chi connectivity index (χ3n) is 2.81. The quantitative estimate of drug-likeness (QED) is 0.809. The van der Waals surface area contributed by atoms with Gasteiger partial charge in [-0.15, -0.1) is 0 Å². The number of fused-ring (bicyclic) bond motifs is 1. The van der Waals surface area contributed by atoms with Crippen LogP contribution < -0.4 is 10.6 Å². The molecule has 0 amide bonds. The first-order valence-corrected chi connectivity index (χ1v) is 5.35. The topological polar surface area (TPSA) is 29.3 Å². The molecule has 1 aromatic carbocycles. The fourth-order valence-corrected chi connectivity index (χ4v) is 2.27. The van der Waals surface area contributed by atoms with Crippen molar-refractivity contribution in [3.8, 4) is 0 Å². The van der Waals surface area contributed by atoms with Crippen LogP contribution in [0.2, 0.25) is 5.02 Å². The van der Waals surface area contributed by atoms with Crippen LogP contribution in [0.4, 0.5) is 5.69 Å². The van der Waals surface area contributed by atoms with Gasteiger partial charge in [0.1, 0.15) is 0 Å². The summed E-state index contributed by atoms with van der Waals surface area (Å²) >= 11 is 6.10. The molecule has 2 N–H and O–H groups in total. The van der Waals surface area contributed by atoms with Crippen molar-refractivity contribution in [3.63, 3.8) is 0 Å². The average molecular weight is 211 g/mol. The van der Waals surface area contributed by atoms with Gasteiger partial charge in [0.15, 0.2) is 0 Å². The van der Waals surface area contributed by atoms with Crippen molar-refractivity contribution >= 4 is 17.3 Å². The van der Waals surface area contributed by atoms with Gasteiger partial charge in [-0.2, -0.15) is 0 Å². The Bertz CT molecular complexity index is 347. The van der Waals surface area contributed by atoms with Crippen molar-refractivity contribution in [2.45, 2.75) is 13.3 Å². The van der Waals surface area contributed by atoms with Gasteiger partial charge in [-0.3, -0.25) is 0 Å². The largest absolute Gasteiger partial charge is 0.369 e. The van der Waals surface area contributed by atoms with Crippen LogP contribution in [0.5, 0.6) is 0 Å². The zero-order chi connectivity index (χ0) is 10.1. The Morgan fingerprint density at radius 2 is 2.29 bits per heavy atom. The Labute approximate surface area is 89.7 Å². The predicted octanol–water partition coefficient (Wildman–Crippen LogP) is 1.97. The van der Waals surface area contributed by atoms with E-state index >= 15 is 0 Å². The van der Waals surface area contributed by atoms with E-state index in [-0.39, 0.29) is 0 Å². The van der Waals surface area contributed by atoms with E-state index in [1.165, 1.54) is 16.8 Å². The normalized spacial score (nSPS) is 14.6. The molecule has 1 aliphatic rings. The number of benzene rings is 1. The van der Waals surface area contributed by atoms with E-state index in [0.717, 1.165) is 24.5 Å². The first kappa shape index (κ1) is 9.81. The first-order chi connectivity index (χ1) is 6.74. The van der Waals surface area contributed by atoms with Gasteiger partial charge in [-0.05, 0) is 30.5 Å². The Morgan fingerprint density at radius 3 is 3.00 bits per heavy atom. The van der Waals surface area contributed by atoms with Gasteiger partial charge in [0.2, 0.25) is 0 Å². The van der Waals surface area contributed by atoms with Gasteiger partial charge in [-0.25, -0.2) is 0 Å². The van der Waals surface area contributed by atoms with Gasteiger partial charge >= 0.3 is 0 Å². The molecular weight excluding hydrogens is 196 g/mol. The molecule has 0 spiro atoms. The van der Waals surface area contributed by atoms with Crippen LogP contribution in [0.15, 0.2) is 12.1 Å². The summed E-state index contributed by atoms with van der Waals surface area (Å²) in [6.07, 6.45) is 1.12. The van der Waals surface area contributed by atoms with Crippen LogP contribution >= 0.6 is 11.6 Å². The van der Waals surface area contributed by atoms with Crippen LogP contribution in [0.1, 0.15) is 11.1 Å². The highest BCUT2D eigenvalue weighted by molar-refractivity contribution is 6.31. The lowest BCUT2D eigenvalue weighted by molar-refractivity contribution is 0.819. The lowest BCUT2D eigenvalue weighted by Crippen LogP contribution is -2.27. The van der Waals surface area contributed by atoms with E-state index in [2.05, 4.69) is 17.9 Å². The van der Waals surface area contributed by atoms with Gasteiger partial charge in [0.25, 0.3) is 0 Å². The summed E-state index contributed by atoms with van der Waals surface area (Å²) in [6.45, 7) is 4.78. The number of hydrogen-bond donors (Lipinski definition) is 1. The molecule has 3 heteroatoms. The second-order valence-corrected chi connectivity index (χ2v) is 4.11. The van der Waals surface area contributed by atoms with Crippen molar-refractivity contribution in [2.75, 3.05) is 24.5 Å². The smallest absolute Gasteiger partial charge is 0.0456 e. The molecule has 0 saturated heterocycles. The zero-order valence-electron chi connectivity index (χ0n) is 8.39. The van der Waals surface area contributed by atoms with Crippen LogP contribution in [-0.4, -0.2) is 19.6 Å². The van der Waals surface area contributed by atoms with E-state index in [0.29, 0.717) is 6.54 Å². The molecule has 1 aliphatic heterocycles. The van der Waals surface area contributed by atoms with Gasteiger partial charge in [0, 0.05) is 30.3 Å². The summed E-state index contributed by atoms with van der Waals surface area (Å²) < 4.78 is 0. The third-order valence-corrected chi connectivity index (χ3v) is 3.22. The predicted molar refractivity (Wildman–Crippen MR) is 61.2 cm³/mol. The molecule has 0 aromatic heterocycles. The van der Waals surface area contributed by atoms with E-state index in [9.17, 15) is 0 Å². The molecule has 1 aromatic rings. The molecular formula is C11H15ClN2. The molecule has 0 unspecified atom stereocenters. The van der Waals surface area contributed by atoms with E-state index in [1.807, 2.05) is 6.07 Å². The monoisotopic (exact) mass is 210 g/mol. The number of hydrogen-bond acceptors (Lipinski definition) is 2. The Hall–Kier alpha value is -0.730. The molecule has 0 bridgehead atoms. The summed E-state index contributed by atoms with van der Waals surface area (Å²) in [7, 11) is 0. The number of rotatable bonds is 2. The summed E-state index contributed by atoms with van der Waals surface area (Å²) in [5.74, 6) is 0. The highest BCUT2D eigenvalue weighted by Crippen LogP contribution is 2.34. The lowest BCUT2D eigenvalue weighted by atomic mass is 10.1. The second-order valence-electron chi connectivity index (χ2n) is 3.71. The Kier molecular flexibility index (Phi) is 2.66. The second kappa shape index (κ2) is 3.79. The SMILES string of the molecule is Cc1c(Cl)ccc2c1N(CCN)CC2. The molecule has 0 fully saturated rings. The van der Waals surface area contributed by atoms with E-state index in [4.69, 9.17) is 17.3 Å². The molecule has 14 heavy (non-hydrogen) atoms. The van der Waals surface area contributed by atoms with Gasteiger partial charge in [-0.1, -0.05) is 17.7 Å². The molecule has 2 nitrogen and oxygen atoms in total. The average Bonchev–Trinajstić information content (AvgIpc) is 2.57. The van der Waals surface area contributed by atoms with Crippen molar-refractivity contribution < 1.29 is 0 Å². The zero-order valence-corrected chi connectivity index (χ0v) is 9.14. The minimum absolute atomic E-state index is 0.700. The fraction of sp³-hybridized carbons (Fsp3) is 0.455. The minimum Gasteiger partial charge on any atom is -0.369 e. The Balaban J connectivity index is 2.41. The highest BCUT2D eigenvalue weighted by Gasteiger charge is 2.21. The first-order valence-electron chi connectivity index (χ1n) is 4.97. The summed E-state index contributed by atoms with van der Waals surface area (Å²) in [5, 5.41) is 0.854. The number of nitrogens with two attached hydrogens (primary N) is 1. The molecule has 0 saturated carbocycles. The van der Waals surface area contributed by atoms with E-state index in [1.54, 1.807) is 0 Å². The maximum absolute atomic E-state index is 6.10. The Morgan fingerprint density at radius 1 is 1.50 bits per heavy atom. The highest BCUT2D eigenvalue weighted by atomic mass is 35.5. The molecule has 2 rings (SSSR count). The standard InChI is InChI=1S/C11H15ClN2/c1-8-10(12)3-2-9-4-6-14(7-5-13)11(8)9/h2-3H,4-7,13H2,1H3. The van der Waals surface area contributed by atoms with Crippen LogP contribution in [-0.2, 0) is 6.42 Å². The van der Waals surface area contributed by atoms with Crippen LogP contribution in [0, 0.1) is 6.92 Å². The number of nitrogens with zero attached hydrogens (tertiary/aromatic N) is 1. The van der Waals surface area contributed by atoms with Crippen molar-refractivity contribution in [1.29, 1.82) is 0 Å². The van der Waals surface area contributed by atoms with Crippen molar-refractivity contribution in [1.82, 2.24) is 0 Å². The molecule has 1 heterocycles. The molecule has 0 atom stereocenters.